The van der Waals surface area contributed by atoms with E-state index in [-0.39, 0.29) is 29.2 Å². The molecule has 21 heavy (non-hydrogen) atoms. The van der Waals surface area contributed by atoms with Crippen LogP contribution in [0.3, 0.4) is 0 Å². The molecule has 0 aliphatic carbocycles. The number of nitrogens with two attached hydrogens (primary N) is 1. The van der Waals surface area contributed by atoms with Crippen LogP contribution < -0.4 is 5.73 Å². The van der Waals surface area contributed by atoms with Crippen LogP contribution in [0.5, 0.6) is 0 Å². The molecular formula is C13H19N3O4S. The van der Waals surface area contributed by atoms with Gasteiger partial charge < -0.3 is 15.4 Å². The highest BCUT2D eigenvalue weighted by atomic mass is 32.2. The summed E-state index contributed by atoms with van der Waals surface area (Å²) in [5.41, 5.74) is 6.69. The molecule has 0 spiro atoms. The van der Waals surface area contributed by atoms with Crippen molar-refractivity contribution in [3.63, 3.8) is 0 Å². The minimum atomic E-state index is -2.94. The molecule has 0 saturated carbocycles. The van der Waals surface area contributed by atoms with Crippen LogP contribution in [0.15, 0.2) is 0 Å². The minimum Gasteiger partial charge on any atom is -0.476 e. The maximum absolute atomic E-state index is 11.5. The van der Waals surface area contributed by atoms with Gasteiger partial charge in [-0.2, -0.15) is 0 Å². The van der Waals surface area contributed by atoms with Gasteiger partial charge in [0.2, 0.25) is 0 Å². The van der Waals surface area contributed by atoms with Crippen molar-refractivity contribution < 1.29 is 18.3 Å². The highest BCUT2D eigenvalue weighted by Gasteiger charge is 2.33. The van der Waals surface area contributed by atoms with E-state index in [0.29, 0.717) is 31.5 Å². The number of hydrogen-bond donors (Lipinski definition) is 2. The lowest BCUT2D eigenvalue weighted by atomic mass is 10.00. The summed E-state index contributed by atoms with van der Waals surface area (Å²) >= 11 is 0. The molecule has 116 valence electrons. The first-order valence-electron chi connectivity index (χ1n) is 7.16. The monoisotopic (exact) mass is 313 g/mol. The van der Waals surface area contributed by atoms with E-state index < -0.39 is 15.8 Å². The van der Waals surface area contributed by atoms with E-state index in [1.54, 1.807) is 0 Å². The minimum absolute atomic E-state index is 0.0229. The molecule has 1 aromatic rings. The average molecular weight is 313 g/mol. The molecule has 1 unspecified atom stereocenters. The number of aromatic nitrogens is 2. The van der Waals surface area contributed by atoms with Crippen molar-refractivity contribution in [3.05, 3.63) is 17.2 Å². The quantitative estimate of drug-likeness (QED) is 0.803. The Kier molecular flexibility index (Phi) is 3.53. The Morgan fingerprint density at radius 3 is 2.57 bits per heavy atom. The predicted molar refractivity (Wildman–Crippen MR) is 76.1 cm³/mol. The van der Waals surface area contributed by atoms with E-state index in [4.69, 9.17) is 5.73 Å². The van der Waals surface area contributed by atoms with Crippen LogP contribution in [0.2, 0.25) is 0 Å². The second-order valence-electron chi connectivity index (χ2n) is 5.90. The van der Waals surface area contributed by atoms with Gasteiger partial charge in [0.15, 0.2) is 5.69 Å². The summed E-state index contributed by atoms with van der Waals surface area (Å²) in [5, 5.41) is 9.31. The predicted octanol–water partition coefficient (Wildman–Crippen LogP) is 0.147. The molecule has 1 saturated heterocycles. The number of sulfone groups is 1. The summed E-state index contributed by atoms with van der Waals surface area (Å²) in [4.78, 5) is 15.7. The molecule has 2 aliphatic heterocycles. The van der Waals surface area contributed by atoms with Crippen molar-refractivity contribution in [2.75, 3.05) is 11.5 Å². The molecule has 3 N–H and O–H groups in total. The lowest BCUT2D eigenvalue weighted by Gasteiger charge is -2.26. The molecule has 3 heterocycles. The maximum Gasteiger partial charge on any atom is 0.356 e. The summed E-state index contributed by atoms with van der Waals surface area (Å²) in [5.74, 6) is 0.0187. The Bertz CT molecular complexity index is 666. The smallest absolute Gasteiger partial charge is 0.356 e. The van der Waals surface area contributed by atoms with Gasteiger partial charge in [0.25, 0.3) is 0 Å². The van der Waals surface area contributed by atoms with E-state index in [9.17, 15) is 18.3 Å². The normalized spacial score (nSPS) is 25.5. The van der Waals surface area contributed by atoms with Gasteiger partial charge in [-0.1, -0.05) is 0 Å². The van der Waals surface area contributed by atoms with Crippen LogP contribution in [0.25, 0.3) is 0 Å². The standard InChI is InChI=1S/C13H19N3O4S/c14-9-1-4-16-10(7-9)11(13(17)18)15-12(16)8-2-5-21(19,20)6-3-8/h8-9H,1-7,14H2,(H,17,18). The van der Waals surface area contributed by atoms with Gasteiger partial charge in [0.05, 0.1) is 17.2 Å². The third-order valence-electron chi connectivity index (χ3n) is 4.40. The molecular weight excluding hydrogens is 294 g/mol. The van der Waals surface area contributed by atoms with Crippen LogP contribution in [0.4, 0.5) is 0 Å². The van der Waals surface area contributed by atoms with Crippen molar-refractivity contribution in [2.45, 2.75) is 44.2 Å². The molecule has 0 radical (unpaired) electrons. The first kappa shape index (κ1) is 14.5. The molecule has 2 aliphatic rings. The largest absolute Gasteiger partial charge is 0.476 e. The van der Waals surface area contributed by atoms with Crippen LogP contribution in [-0.2, 0) is 22.8 Å². The van der Waals surface area contributed by atoms with Crippen molar-refractivity contribution >= 4 is 15.8 Å². The lowest BCUT2D eigenvalue weighted by molar-refractivity contribution is 0.0689. The Balaban J connectivity index is 1.96. The van der Waals surface area contributed by atoms with Gasteiger partial charge in [-0.15, -0.1) is 0 Å². The number of carboxylic acids is 1. The molecule has 0 aromatic carbocycles. The van der Waals surface area contributed by atoms with Crippen molar-refractivity contribution in [1.82, 2.24) is 9.55 Å². The van der Waals surface area contributed by atoms with Gasteiger partial charge in [-0.25, -0.2) is 18.2 Å². The molecule has 0 amide bonds. The van der Waals surface area contributed by atoms with Crippen molar-refractivity contribution in [2.24, 2.45) is 5.73 Å². The number of carbonyl (C=O) groups is 1. The molecule has 3 rings (SSSR count). The number of nitrogens with zero attached hydrogens (tertiary/aromatic N) is 2. The summed E-state index contributed by atoms with van der Waals surface area (Å²) in [6.07, 6.45) is 2.34. The van der Waals surface area contributed by atoms with Crippen LogP contribution in [-0.4, -0.2) is 46.6 Å². The highest BCUT2D eigenvalue weighted by Crippen LogP contribution is 2.32. The van der Waals surface area contributed by atoms with Crippen LogP contribution in [0.1, 0.15) is 47.2 Å². The SMILES string of the molecule is NC1CCn2c(C3CCS(=O)(=O)CC3)nc(C(=O)O)c2C1. The van der Waals surface area contributed by atoms with E-state index in [1.165, 1.54) is 0 Å². The Labute approximate surface area is 123 Å². The van der Waals surface area contributed by atoms with Gasteiger partial charge in [0, 0.05) is 24.9 Å². The first-order chi connectivity index (χ1) is 9.87. The zero-order valence-corrected chi connectivity index (χ0v) is 12.5. The average Bonchev–Trinajstić information content (AvgIpc) is 2.77. The second-order valence-corrected chi connectivity index (χ2v) is 8.20. The number of carboxylic acid groups (broad SMARTS) is 1. The highest BCUT2D eigenvalue weighted by molar-refractivity contribution is 7.91. The molecule has 1 atom stereocenters. The summed E-state index contributed by atoms with van der Waals surface area (Å²) in [6, 6.07) is -0.0353. The van der Waals surface area contributed by atoms with Crippen molar-refractivity contribution in [1.29, 1.82) is 0 Å². The summed E-state index contributed by atoms with van der Waals surface area (Å²) in [7, 11) is -2.94. The lowest BCUT2D eigenvalue weighted by Crippen LogP contribution is -2.32. The molecule has 0 bridgehead atoms. The molecule has 7 nitrogen and oxygen atoms in total. The number of imidazole rings is 1. The van der Waals surface area contributed by atoms with E-state index in [2.05, 4.69) is 4.98 Å². The van der Waals surface area contributed by atoms with Crippen LogP contribution >= 0.6 is 0 Å². The summed E-state index contributed by atoms with van der Waals surface area (Å²) in [6.45, 7) is 0.662. The van der Waals surface area contributed by atoms with Crippen LogP contribution in [0, 0.1) is 0 Å². The maximum atomic E-state index is 11.5. The van der Waals surface area contributed by atoms with Gasteiger partial charge in [-0.05, 0) is 19.3 Å². The summed E-state index contributed by atoms with van der Waals surface area (Å²) < 4.78 is 25.0. The zero-order chi connectivity index (χ0) is 15.2. The molecule has 1 aromatic heterocycles. The Morgan fingerprint density at radius 1 is 1.29 bits per heavy atom. The number of fused-ring (bicyclic) bond motifs is 1. The fourth-order valence-corrected chi connectivity index (χ4v) is 4.73. The van der Waals surface area contributed by atoms with Gasteiger partial charge in [-0.3, -0.25) is 0 Å². The van der Waals surface area contributed by atoms with Gasteiger partial charge in [0.1, 0.15) is 15.7 Å². The Morgan fingerprint density at radius 2 is 1.95 bits per heavy atom. The van der Waals surface area contributed by atoms with Crippen molar-refractivity contribution in [3.8, 4) is 0 Å². The topological polar surface area (TPSA) is 115 Å². The number of aromatic carboxylic acids is 1. The molecule has 1 fully saturated rings. The fourth-order valence-electron chi connectivity index (χ4n) is 3.24. The number of hydrogen-bond acceptors (Lipinski definition) is 5. The first-order valence-corrected chi connectivity index (χ1v) is 8.98. The Hall–Kier alpha value is -1.41. The van der Waals surface area contributed by atoms with E-state index >= 15 is 0 Å². The fraction of sp³-hybridized carbons (Fsp3) is 0.692. The second kappa shape index (κ2) is 5.10. The third-order valence-corrected chi connectivity index (χ3v) is 6.12. The third kappa shape index (κ3) is 2.69. The number of rotatable bonds is 2. The van der Waals surface area contributed by atoms with E-state index in [0.717, 1.165) is 12.2 Å². The van der Waals surface area contributed by atoms with Gasteiger partial charge >= 0.3 is 5.97 Å². The van der Waals surface area contributed by atoms with E-state index in [1.807, 2.05) is 4.57 Å². The molecule has 8 heteroatoms. The zero-order valence-electron chi connectivity index (χ0n) is 11.7.